The van der Waals surface area contributed by atoms with Crippen molar-refractivity contribution in [3.05, 3.63) is 29.8 Å². The Labute approximate surface area is 101 Å². The Bertz CT molecular complexity index is 438. The van der Waals surface area contributed by atoms with Gasteiger partial charge in [0.2, 0.25) is 0 Å². The van der Waals surface area contributed by atoms with Gasteiger partial charge in [0.25, 0.3) is 0 Å². The summed E-state index contributed by atoms with van der Waals surface area (Å²) in [4.78, 5) is 22.7. The minimum absolute atomic E-state index is 0.00970. The van der Waals surface area contributed by atoms with Crippen molar-refractivity contribution in [3.8, 4) is 0 Å². The molecule has 1 rings (SSSR count). The second-order valence-electron chi connectivity index (χ2n) is 4.38. The molecule has 0 aromatic heterocycles. The number of carbonyl (C=O) groups is 2. The monoisotopic (exact) mass is 235 g/mol. The highest BCUT2D eigenvalue weighted by Crippen LogP contribution is 2.18. The molecule has 1 aromatic rings. The van der Waals surface area contributed by atoms with Crippen LogP contribution in [0.4, 0.5) is 5.69 Å². The highest BCUT2D eigenvalue weighted by molar-refractivity contribution is 5.95. The van der Waals surface area contributed by atoms with Crippen molar-refractivity contribution in [3.63, 3.8) is 0 Å². The number of hydrogen-bond acceptors (Lipinski definition) is 4. The molecule has 0 radical (unpaired) electrons. The van der Waals surface area contributed by atoms with Crippen LogP contribution in [0.15, 0.2) is 24.3 Å². The second kappa shape index (κ2) is 4.99. The topological polar surface area (TPSA) is 55.4 Å². The van der Waals surface area contributed by atoms with Gasteiger partial charge in [0, 0.05) is 11.3 Å². The molecule has 0 bridgehead atoms. The fourth-order valence-electron chi connectivity index (χ4n) is 1.48. The van der Waals surface area contributed by atoms with Crippen LogP contribution in [-0.2, 0) is 9.53 Å². The smallest absolute Gasteiger partial charge is 0.330 e. The number of methoxy groups -OCH3 is 1. The van der Waals surface area contributed by atoms with E-state index >= 15 is 0 Å². The van der Waals surface area contributed by atoms with Gasteiger partial charge in [0.05, 0.1) is 7.11 Å². The maximum absolute atomic E-state index is 11.5. The van der Waals surface area contributed by atoms with Crippen molar-refractivity contribution in [2.24, 2.45) is 0 Å². The van der Waals surface area contributed by atoms with Crippen molar-refractivity contribution >= 4 is 17.4 Å². The van der Waals surface area contributed by atoms with Crippen LogP contribution in [0.1, 0.15) is 31.1 Å². The lowest BCUT2D eigenvalue weighted by Crippen LogP contribution is -2.41. The first-order chi connectivity index (χ1) is 7.86. The van der Waals surface area contributed by atoms with E-state index in [1.165, 1.54) is 14.0 Å². The first-order valence-electron chi connectivity index (χ1n) is 5.34. The van der Waals surface area contributed by atoms with Gasteiger partial charge in [-0.2, -0.15) is 0 Å². The molecule has 0 aliphatic carbocycles. The highest BCUT2D eigenvalue weighted by atomic mass is 16.5. The molecule has 1 aromatic carbocycles. The third kappa shape index (κ3) is 3.31. The molecule has 0 heterocycles. The van der Waals surface area contributed by atoms with Crippen LogP contribution in [-0.4, -0.2) is 24.4 Å². The molecule has 1 N–H and O–H groups in total. The molecule has 0 saturated heterocycles. The van der Waals surface area contributed by atoms with Crippen LogP contribution < -0.4 is 5.32 Å². The summed E-state index contributed by atoms with van der Waals surface area (Å²) in [5, 5.41) is 3.04. The molecule has 0 aliphatic rings. The molecule has 17 heavy (non-hydrogen) atoms. The number of nitrogens with one attached hydrogen (secondary N) is 1. The first kappa shape index (κ1) is 13.2. The molecule has 0 aliphatic heterocycles. The van der Waals surface area contributed by atoms with Gasteiger partial charge in [0.1, 0.15) is 5.54 Å². The molecule has 92 valence electrons. The third-order valence-electron chi connectivity index (χ3n) is 2.42. The lowest BCUT2D eigenvalue weighted by Gasteiger charge is -2.24. The van der Waals surface area contributed by atoms with Crippen LogP contribution in [0.25, 0.3) is 0 Å². The van der Waals surface area contributed by atoms with Gasteiger partial charge in [-0.05, 0) is 32.9 Å². The van der Waals surface area contributed by atoms with Gasteiger partial charge in [-0.25, -0.2) is 4.79 Å². The Kier molecular flexibility index (Phi) is 3.89. The minimum Gasteiger partial charge on any atom is -0.467 e. The predicted octanol–water partition coefficient (Wildman–Crippen LogP) is 2.25. The molecule has 0 fully saturated rings. The van der Waals surface area contributed by atoms with Crippen molar-refractivity contribution in [2.75, 3.05) is 12.4 Å². The summed E-state index contributed by atoms with van der Waals surface area (Å²) in [6.45, 7) is 4.95. The fraction of sp³-hybridized carbons (Fsp3) is 0.385. The molecule has 0 spiro atoms. The molecule has 0 saturated carbocycles. The predicted molar refractivity (Wildman–Crippen MR) is 66.2 cm³/mol. The summed E-state index contributed by atoms with van der Waals surface area (Å²) in [5.41, 5.74) is 0.494. The summed E-state index contributed by atoms with van der Waals surface area (Å²) in [5.74, 6) is -0.366. The molecule has 0 amide bonds. The number of rotatable bonds is 4. The molecule has 0 atom stereocenters. The van der Waals surface area contributed by atoms with Crippen LogP contribution in [0.2, 0.25) is 0 Å². The van der Waals surface area contributed by atoms with Gasteiger partial charge in [-0.1, -0.05) is 12.1 Å². The van der Waals surface area contributed by atoms with E-state index in [-0.39, 0.29) is 11.8 Å². The Morgan fingerprint density at radius 2 is 1.94 bits per heavy atom. The normalized spacial score (nSPS) is 10.8. The van der Waals surface area contributed by atoms with Gasteiger partial charge in [0.15, 0.2) is 5.78 Å². The van der Waals surface area contributed by atoms with E-state index in [1.54, 1.807) is 38.1 Å². The van der Waals surface area contributed by atoms with E-state index in [2.05, 4.69) is 5.32 Å². The van der Waals surface area contributed by atoms with Crippen LogP contribution >= 0.6 is 0 Å². The maximum atomic E-state index is 11.5. The maximum Gasteiger partial charge on any atom is 0.330 e. The Balaban J connectivity index is 2.92. The van der Waals surface area contributed by atoms with Gasteiger partial charge < -0.3 is 10.1 Å². The largest absolute Gasteiger partial charge is 0.467 e. The minimum atomic E-state index is -0.829. The molecular formula is C13H17NO3. The number of esters is 1. The zero-order valence-corrected chi connectivity index (χ0v) is 10.5. The lowest BCUT2D eigenvalue weighted by molar-refractivity contribution is -0.144. The molecule has 0 unspecified atom stereocenters. The number of ether oxygens (including phenoxy) is 1. The fourth-order valence-corrected chi connectivity index (χ4v) is 1.48. The zero-order valence-electron chi connectivity index (χ0n) is 10.5. The quantitative estimate of drug-likeness (QED) is 0.642. The highest BCUT2D eigenvalue weighted by Gasteiger charge is 2.28. The Morgan fingerprint density at radius 1 is 1.29 bits per heavy atom. The average Bonchev–Trinajstić information content (AvgIpc) is 2.27. The van der Waals surface area contributed by atoms with E-state index in [9.17, 15) is 9.59 Å². The number of benzene rings is 1. The zero-order chi connectivity index (χ0) is 13.1. The van der Waals surface area contributed by atoms with E-state index in [0.717, 1.165) is 0 Å². The van der Waals surface area contributed by atoms with Crippen LogP contribution in [0.3, 0.4) is 0 Å². The van der Waals surface area contributed by atoms with Crippen molar-refractivity contribution in [2.45, 2.75) is 26.3 Å². The summed E-state index contributed by atoms with van der Waals surface area (Å²) in [6, 6.07) is 7.02. The number of carbonyl (C=O) groups excluding carboxylic acids is 2. The summed E-state index contributed by atoms with van der Waals surface area (Å²) in [6.07, 6.45) is 0. The number of anilines is 1. The Hall–Kier alpha value is -1.84. The van der Waals surface area contributed by atoms with Crippen LogP contribution in [0, 0.1) is 0 Å². The average molecular weight is 235 g/mol. The lowest BCUT2D eigenvalue weighted by atomic mass is 10.0. The van der Waals surface area contributed by atoms with E-state index < -0.39 is 5.54 Å². The molecule has 4 heteroatoms. The van der Waals surface area contributed by atoms with E-state index in [1.807, 2.05) is 0 Å². The van der Waals surface area contributed by atoms with Crippen molar-refractivity contribution < 1.29 is 14.3 Å². The number of Topliss-reactive ketones (excluding diaryl/α,β-unsaturated/α-hetero) is 1. The summed E-state index contributed by atoms with van der Waals surface area (Å²) < 4.78 is 4.70. The summed E-state index contributed by atoms with van der Waals surface area (Å²) in [7, 11) is 1.34. The van der Waals surface area contributed by atoms with Crippen molar-refractivity contribution in [1.82, 2.24) is 0 Å². The van der Waals surface area contributed by atoms with E-state index in [0.29, 0.717) is 11.3 Å². The third-order valence-corrected chi connectivity index (χ3v) is 2.42. The second-order valence-corrected chi connectivity index (χ2v) is 4.38. The van der Waals surface area contributed by atoms with Crippen molar-refractivity contribution in [1.29, 1.82) is 0 Å². The van der Waals surface area contributed by atoms with Gasteiger partial charge >= 0.3 is 5.97 Å². The SMILES string of the molecule is COC(=O)C(C)(C)Nc1cccc(C(C)=O)c1. The van der Waals surface area contributed by atoms with Gasteiger partial charge in [-0.15, -0.1) is 0 Å². The molecule has 4 nitrogen and oxygen atoms in total. The number of ketones is 1. The molecular weight excluding hydrogens is 218 g/mol. The number of hydrogen-bond donors (Lipinski definition) is 1. The standard InChI is InChI=1S/C13H17NO3/c1-9(15)10-6-5-7-11(8-10)14-13(2,3)12(16)17-4/h5-8,14H,1-4H3. The van der Waals surface area contributed by atoms with Crippen LogP contribution in [0.5, 0.6) is 0 Å². The Morgan fingerprint density at radius 3 is 2.47 bits per heavy atom. The van der Waals surface area contributed by atoms with E-state index in [4.69, 9.17) is 4.74 Å². The summed E-state index contributed by atoms with van der Waals surface area (Å²) >= 11 is 0. The first-order valence-corrected chi connectivity index (χ1v) is 5.34. The van der Waals surface area contributed by atoms with Gasteiger partial charge in [-0.3, -0.25) is 4.79 Å².